The van der Waals surface area contributed by atoms with E-state index in [0.717, 1.165) is 17.1 Å². The minimum atomic E-state index is -3.77. The van der Waals surface area contributed by atoms with E-state index in [-0.39, 0.29) is 29.5 Å². The smallest absolute Gasteiger partial charge is 0.244 e. The number of rotatable bonds is 6. The van der Waals surface area contributed by atoms with Crippen LogP contribution in [0, 0.1) is 11.3 Å². The van der Waals surface area contributed by atoms with Gasteiger partial charge in [0, 0.05) is 44.6 Å². The summed E-state index contributed by atoms with van der Waals surface area (Å²) in [6, 6.07) is 21.7. The molecule has 1 aliphatic heterocycles. The number of nitrogens with zero attached hydrogens (tertiary/aromatic N) is 3. The van der Waals surface area contributed by atoms with Gasteiger partial charge in [-0.1, -0.05) is 42.5 Å². The van der Waals surface area contributed by atoms with Crippen molar-refractivity contribution in [3.8, 4) is 17.4 Å². The minimum Gasteiger partial charge on any atom is -0.461 e. The lowest BCUT2D eigenvalue weighted by Gasteiger charge is -2.34. The van der Waals surface area contributed by atoms with E-state index in [2.05, 4.69) is 0 Å². The second-order valence-electron chi connectivity index (χ2n) is 7.52. The average Bonchev–Trinajstić information content (AvgIpc) is 3.32. The van der Waals surface area contributed by atoms with Gasteiger partial charge >= 0.3 is 0 Å². The molecular formula is C24H23N3O4S. The predicted molar refractivity (Wildman–Crippen MR) is 119 cm³/mol. The van der Waals surface area contributed by atoms with Gasteiger partial charge in [-0.25, -0.2) is 8.42 Å². The van der Waals surface area contributed by atoms with Crippen molar-refractivity contribution in [2.45, 2.75) is 17.7 Å². The molecule has 1 amide bonds. The first-order chi connectivity index (χ1) is 15.5. The topological polar surface area (TPSA) is 94.6 Å². The van der Waals surface area contributed by atoms with Gasteiger partial charge in [0.15, 0.2) is 0 Å². The molecule has 1 fully saturated rings. The molecule has 0 bridgehead atoms. The maximum atomic E-state index is 12.9. The van der Waals surface area contributed by atoms with Gasteiger partial charge in [0.2, 0.25) is 15.9 Å². The molecule has 3 aromatic rings. The second kappa shape index (κ2) is 9.39. The monoisotopic (exact) mass is 449 g/mol. The van der Waals surface area contributed by atoms with Crippen molar-refractivity contribution in [1.29, 1.82) is 5.26 Å². The largest absolute Gasteiger partial charge is 0.461 e. The summed E-state index contributed by atoms with van der Waals surface area (Å²) in [5, 5.41) is 9.22. The first-order valence-electron chi connectivity index (χ1n) is 10.4. The standard InChI is InChI=1S/C24H23N3O4S/c25-18-20-8-4-5-9-23(20)32(29,30)27-16-14-26(15-17-27)24(28)13-11-21-10-12-22(31-21)19-6-2-1-3-7-19/h1-10,12H,11,13-17H2. The van der Waals surface area contributed by atoms with Gasteiger partial charge in [-0.05, 0) is 24.3 Å². The molecule has 0 N–H and O–H groups in total. The number of benzene rings is 2. The van der Waals surface area contributed by atoms with Gasteiger partial charge in [0.05, 0.1) is 10.5 Å². The lowest BCUT2D eigenvalue weighted by atomic mass is 10.2. The minimum absolute atomic E-state index is 0.00863. The Balaban J connectivity index is 1.32. The van der Waals surface area contributed by atoms with Crippen LogP contribution in [0.5, 0.6) is 0 Å². The van der Waals surface area contributed by atoms with Gasteiger partial charge in [0.25, 0.3) is 0 Å². The predicted octanol–water partition coefficient (Wildman–Crippen LogP) is 3.28. The third-order valence-electron chi connectivity index (χ3n) is 5.52. The molecule has 0 aliphatic carbocycles. The molecule has 2 aromatic carbocycles. The molecular weight excluding hydrogens is 426 g/mol. The Labute approximate surface area is 187 Å². The van der Waals surface area contributed by atoms with Crippen molar-refractivity contribution in [2.24, 2.45) is 0 Å². The van der Waals surface area contributed by atoms with Gasteiger partial charge < -0.3 is 9.32 Å². The summed E-state index contributed by atoms with van der Waals surface area (Å²) in [6.45, 7) is 1.04. The summed E-state index contributed by atoms with van der Waals surface area (Å²) in [5.41, 5.74) is 1.11. The molecule has 1 aromatic heterocycles. The number of sulfonamides is 1. The summed E-state index contributed by atoms with van der Waals surface area (Å²) >= 11 is 0. The summed E-state index contributed by atoms with van der Waals surface area (Å²) in [7, 11) is -3.77. The quantitative estimate of drug-likeness (QED) is 0.576. The maximum Gasteiger partial charge on any atom is 0.244 e. The highest BCUT2D eigenvalue weighted by atomic mass is 32.2. The van der Waals surface area contributed by atoms with Crippen molar-refractivity contribution in [3.63, 3.8) is 0 Å². The molecule has 7 nitrogen and oxygen atoms in total. The van der Waals surface area contributed by atoms with Gasteiger partial charge in [-0.2, -0.15) is 9.57 Å². The summed E-state index contributed by atoms with van der Waals surface area (Å²) in [4.78, 5) is 14.3. The van der Waals surface area contributed by atoms with Crippen LogP contribution in [-0.2, 0) is 21.2 Å². The highest BCUT2D eigenvalue weighted by Gasteiger charge is 2.31. The Bertz CT molecular complexity index is 1240. The van der Waals surface area contributed by atoms with Crippen LogP contribution in [0.2, 0.25) is 0 Å². The van der Waals surface area contributed by atoms with E-state index in [1.807, 2.05) is 48.5 Å². The number of carbonyl (C=O) groups excluding carboxylic acids is 1. The Morgan fingerprint density at radius 1 is 0.938 bits per heavy atom. The van der Waals surface area contributed by atoms with Crippen LogP contribution in [0.3, 0.4) is 0 Å². The van der Waals surface area contributed by atoms with E-state index in [0.29, 0.717) is 25.9 Å². The van der Waals surface area contributed by atoms with Crippen LogP contribution in [0.15, 0.2) is 76.0 Å². The molecule has 0 unspecified atom stereocenters. The normalized spacial score (nSPS) is 14.8. The van der Waals surface area contributed by atoms with Crippen LogP contribution >= 0.6 is 0 Å². The van der Waals surface area contributed by atoms with Crippen molar-refractivity contribution in [3.05, 3.63) is 78.1 Å². The fourth-order valence-corrected chi connectivity index (χ4v) is 5.32. The molecule has 2 heterocycles. The molecule has 1 saturated heterocycles. The van der Waals surface area contributed by atoms with Crippen molar-refractivity contribution in [2.75, 3.05) is 26.2 Å². The molecule has 0 radical (unpaired) electrons. The Morgan fingerprint density at radius 2 is 1.62 bits per heavy atom. The molecule has 0 spiro atoms. The van der Waals surface area contributed by atoms with Crippen molar-refractivity contribution < 1.29 is 17.6 Å². The summed E-state index contributed by atoms with van der Waals surface area (Å²) < 4.78 is 33.1. The van der Waals surface area contributed by atoms with Crippen LogP contribution in [-0.4, -0.2) is 49.7 Å². The molecule has 1 aliphatic rings. The highest BCUT2D eigenvalue weighted by molar-refractivity contribution is 7.89. The van der Waals surface area contributed by atoms with Crippen LogP contribution < -0.4 is 0 Å². The fraction of sp³-hybridized carbons (Fsp3) is 0.250. The number of hydrogen-bond acceptors (Lipinski definition) is 5. The Hall–Kier alpha value is -3.41. The number of piperazine rings is 1. The fourth-order valence-electron chi connectivity index (χ4n) is 3.76. The van der Waals surface area contributed by atoms with Crippen molar-refractivity contribution >= 4 is 15.9 Å². The molecule has 0 saturated carbocycles. The van der Waals surface area contributed by atoms with E-state index in [9.17, 15) is 18.5 Å². The first kappa shape index (κ1) is 21.8. The van der Waals surface area contributed by atoms with Gasteiger partial charge in [0.1, 0.15) is 17.6 Å². The highest BCUT2D eigenvalue weighted by Crippen LogP contribution is 2.23. The van der Waals surface area contributed by atoms with Gasteiger partial charge in [-0.15, -0.1) is 0 Å². The average molecular weight is 450 g/mol. The molecule has 0 atom stereocenters. The Kier molecular flexibility index (Phi) is 6.40. The molecule has 164 valence electrons. The molecule has 32 heavy (non-hydrogen) atoms. The van der Waals surface area contributed by atoms with E-state index < -0.39 is 10.0 Å². The number of nitriles is 1. The summed E-state index contributed by atoms with van der Waals surface area (Å²) in [5.74, 6) is 1.48. The number of hydrogen-bond donors (Lipinski definition) is 0. The SMILES string of the molecule is N#Cc1ccccc1S(=O)(=O)N1CCN(C(=O)CCc2ccc(-c3ccccc3)o2)CC1. The number of aryl methyl sites for hydroxylation is 1. The summed E-state index contributed by atoms with van der Waals surface area (Å²) in [6.07, 6.45) is 0.783. The first-order valence-corrected chi connectivity index (χ1v) is 11.8. The van der Waals surface area contributed by atoms with E-state index in [1.54, 1.807) is 17.0 Å². The number of amides is 1. The maximum absolute atomic E-state index is 12.9. The third-order valence-corrected chi connectivity index (χ3v) is 7.48. The second-order valence-corrected chi connectivity index (χ2v) is 9.43. The molecule has 8 heteroatoms. The lowest BCUT2D eigenvalue weighted by Crippen LogP contribution is -2.50. The van der Waals surface area contributed by atoms with Crippen LogP contribution in [0.4, 0.5) is 0 Å². The molecule has 4 rings (SSSR count). The zero-order valence-corrected chi connectivity index (χ0v) is 18.3. The lowest BCUT2D eigenvalue weighted by molar-refractivity contribution is -0.132. The van der Waals surface area contributed by atoms with E-state index in [1.165, 1.54) is 16.4 Å². The third kappa shape index (κ3) is 4.59. The van der Waals surface area contributed by atoms with Gasteiger partial charge in [-0.3, -0.25) is 4.79 Å². The zero-order valence-electron chi connectivity index (χ0n) is 17.5. The van der Waals surface area contributed by atoms with E-state index >= 15 is 0 Å². The van der Waals surface area contributed by atoms with E-state index in [4.69, 9.17) is 4.42 Å². The number of furan rings is 1. The van der Waals surface area contributed by atoms with Crippen molar-refractivity contribution in [1.82, 2.24) is 9.21 Å². The zero-order chi connectivity index (χ0) is 22.6. The number of carbonyl (C=O) groups is 1. The van der Waals surface area contributed by atoms with Crippen LogP contribution in [0.1, 0.15) is 17.7 Å². The Morgan fingerprint density at radius 3 is 2.34 bits per heavy atom. The van der Waals surface area contributed by atoms with Crippen LogP contribution in [0.25, 0.3) is 11.3 Å².